The van der Waals surface area contributed by atoms with Gasteiger partial charge in [0.05, 0.1) is 12.2 Å². The lowest BCUT2D eigenvalue weighted by Gasteiger charge is -2.35. The summed E-state index contributed by atoms with van der Waals surface area (Å²) < 4.78 is 0. The van der Waals surface area contributed by atoms with Crippen LogP contribution >= 0.6 is 11.6 Å². The largest absolute Gasteiger partial charge is 0.357 e. The van der Waals surface area contributed by atoms with Crippen LogP contribution in [0.15, 0.2) is 48.5 Å². The summed E-state index contributed by atoms with van der Waals surface area (Å²) in [6.07, 6.45) is 5.44. The summed E-state index contributed by atoms with van der Waals surface area (Å²) in [5, 5.41) is 2.24. The number of hydrogen-bond donors (Lipinski definition) is 1. The predicted molar refractivity (Wildman–Crippen MR) is 110 cm³/mol. The maximum atomic E-state index is 6.17. The van der Waals surface area contributed by atoms with Crippen molar-refractivity contribution < 1.29 is 0 Å². The van der Waals surface area contributed by atoms with Crippen LogP contribution in [0.1, 0.15) is 48.3 Å². The summed E-state index contributed by atoms with van der Waals surface area (Å²) in [7, 11) is 0. The number of para-hydroxylation sites is 1. The van der Waals surface area contributed by atoms with Crippen molar-refractivity contribution in [3.63, 3.8) is 0 Å². The van der Waals surface area contributed by atoms with Crippen molar-refractivity contribution in [1.82, 2.24) is 14.8 Å². The number of H-pyrrole nitrogens is 1. The second-order valence-electron chi connectivity index (χ2n) is 8.22. The van der Waals surface area contributed by atoms with Gasteiger partial charge in [-0.3, -0.25) is 9.80 Å². The van der Waals surface area contributed by atoms with Crippen LogP contribution in [0.2, 0.25) is 5.02 Å². The van der Waals surface area contributed by atoms with E-state index in [4.69, 9.17) is 11.6 Å². The molecule has 6 rings (SSSR count). The van der Waals surface area contributed by atoms with Gasteiger partial charge in [0.15, 0.2) is 0 Å². The molecule has 1 aromatic heterocycles. The number of rotatable bonds is 1. The van der Waals surface area contributed by atoms with Crippen molar-refractivity contribution in [3.8, 4) is 0 Å². The lowest BCUT2D eigenvalue weighted by Crippen LogP contribution is -2.38. The first kappa shape index (κ1) is 16.2. The van der Waals surface area contributed by atoms with E-state index in [9.17, 15) is 0 Å². The summed E-state index contributed by atoms with van der Waals surface area (Å²) in [5.74, 6) is 0. The third-order valence-electron chi connectivity index (χ3n) is 6.87. The molecule has 3 unspecified atom stereocenters. The Morgan fingerprint density at radius 3 is 2.67 bits per heavy atom. The number of fused-ring (bicyclic) bond motifs is 7. The summed E-state index contributed by atoms with van der Waals surface area (Å²) >= 11 is 6.17. The highest BCUT2D eigenvalue weighted by Gasteiger charge is 2.51. The van der Waals surface area contributed by atoms with Crippen LogP contribution in [0, 0.1) is 0 Å². The Labute approximate surface area is 164 Å². The van der Waals surface area contributed by atoms with Gasteiger partial charge in [0.2, 0.25) is 0 Å². The Bertz CT molecular complexity index is 993. The van der Waals surface area contributed by atoms with Gasteiger partial charge in [0, 0.05) is 40.8 Å². The van der Waals surface area contributed by atoms with E-state index in [-0.39, 0.29) is 0 Å². The van der Waals surface area contributed by atoms with E-state index in [1.807, 2.05) is 12.1 Å². The zero-order valence-electron chi connectivity index (χ0n) is 15.4. The van der Waals surface area contributed by atoms with Gasteiger partial charge < -0.3 is 4.98 Å². The molecule has 3 atom stereocenters. The van der Waals surface area contributed by atoms with E-state index in [0.717, 1.165) is 18.0 Å². The molecule has 0 spiro atoms. The fourth-order valence-electron chi connectivity index (χ4n) is 5.81. The smallest absolute Gasteiger partial charge is 0.0895 e. The number of halogens is 1. The molecule has 1 N–H and O–H groups in total. The van der Waals surface area contributed by atoms with E-state index in [1.165, 1.54) is 48.0 Å². The standard InChI is InChI=1S/C23H24ClN3/c24-16-10-8-15(9-11-16)23-26-13-4-3-7-20(26)22-21-18(12-14-27(22)23)17-5-1-2-6-19(17)25-21/h1-2,5-6,8-11,20,22-23,25H,3-4,7,12-14H2. The van der Waals surface area contributed by atoms with Crippen molar-refractivity contribution in [3.05, 3.63) is 70.4 Å². The highest BCUT2D eigenvalue weighted by molar-refractivity contribution is 6.30. The third-order valence-corrected chi connectivity index (χ3v) is 7.12. The average Bonchev–Trinajstić information content (AvgIpc) is 3.24. The van der Waals surface area contributed by atoms with Gasteiger partial charge in [-0.15, -0.1) is 0 Å². The Hall–Kier alpha value is -1.81. The van der Waals surface area contributed by atoms with Gasteiger partial charge in [-0.2, -0.15) is 0 Å². The molecule has 3 aromatic rings. The van der Waals surface area contributed by atoms with Gasteiger partial charge in [-0.25, -0.2) is 0 Å². The zero-order valence-corrected chi connectivity index (χ0v) is 16.1. The highest BCUT2D eigenvalue weighted by atomic mass is 35.5. The molecular formula is C23H24ClN3. The molecule has 2 saturated heterocycles. The van der Waals surface area contributed by atoms with Gasteiger partial charge in [0.25, 0.3) is 0 Å². The minimum atomic E-state index is 0.372. The molecule has 3 aliphatic heterocycles. The predicted octanol–water partition coefficient (Wildman–Crippen LogP) is 5.29. The van der Waals surface area contributed by atoms with Gasteiger partial charge in [-0.05, 0) is 48.6 Å². The number of aromatic amines is 1. The molecule has 27 heavy (non-hydrogen) atoms. The monoisotopic (exact) mass is 377 g/mol. The Morgan fingerprint density at radius 2 is 1.78 bits per heavy atom. The van der Waals surface area contributed by atoms with Crippen LogP contribution < -0.4 is 0 Å². The van der Waals surface area contributed by atoms with Crippen LogP contribution in [0.3, 0.4) is 0 Å². The summed E-state index contributed by atoms with van der Waals surface area (Å²) in [4.78, 5) is 9.32. The molecular weight excluding hydrogens is 354 g/mol. The molecule has 0 radical (unpaired) electrons. The van der Waals surface area contributed by atoms with E-state index >= 15 is 0 Å². The second kappa shape index (κ2) is 6.10. The van der Waals surface area contributed by atoms with Gasteiger partial charge >= 0.3 is 0 Å². The summed E-state index contributed by atoms with van der Waals surface area (Å²) in [5.41, 5.74) is 5.69. The fraction of sp³-hybridized carbons (Fsp3) is 0.391. The minimum absolute atomic E-state index is 0.372. The molecule has 4 heterocycles. The average molecular weight is 378 g/mol. The quantitative estimate of drug-likeness (QED) is 0.622. The number of nitrogens with zero attached hydrogens (tertiary/aromatic N) is 2. The van der Waals surface area contributed by atoms with Gasteiger partial charge in [0.1, 0.15) is 0 Å². The van der Waals surface area contributed by atoms with E-state index in [2.05, 4.69) is 51.2 Å². The van der Waals surface area contributed by atoms with Crippen molar-refractivity contribution in [2.75, 3.05) is 13.1 Å². The van der Waals surface area contributed by atoms with Gasteiger partial charge in [-0.1, -0.05) is 48.4 Å². The Kier molecular flexibility index (Phi) is 3.65. The summed E-state index contributed by atoms with van der Waals surface area (Å²) in [6.45, 7) is 2.32. The first-order valence-electron chi connectivity index (χ1n) is 10.2. The first-order valence-corrected chi connectivity index (χ1v) is 10.6. The zero-order chi connectivity index (χ0) is 18.0. The number of benzene rings is 2. The van der Waals surface area contributed by atoms with Crippen molar-refractivity contribution in [1.29, 1.82) is 0 Å². The van der Waals surface area contributed by atoms with Crippen molar-refractivity contribution in [2.45, 2.75) is 43.9 Å². The molecule has 4 heteroatoms. The number of piperidine rings is 1. The molecule has 2 aromatic carbocycles. The molecule has 0 saturated carbocycles. The maximum Gasteiger partial charge on any atom is 0.0895 e. The van der Waals surface area contributed by atoms with E-state index in [1.54, 1.807) is 5.56 Å². The molecule has 3 aliphatic rings. The second-order valence-corrected chi connectivity index (χ2v) is 8.66. The normalized spacial score (nSPS) is 28.1. The minimum Gasteiger partial charge on any atom is -0.357 e. The molecule has 0 amide bonds. The Balaban J connectivity index is 1.49. The summed E-state index contributed by atoms with van der Waals surface area (Å²) in [6, 6.07) is 18.4. The molecule has 138 valence electrons. The SMILES string of the molecule is Clc1ccc(C2N3CCCCC3C3c4[nH]c5ccccc5c4CCN32)cc1. The first-order chi connectivity index (χ1) is 13.3. The van der Waals surface area contributed by atoms with Crippen LogP contribution in [0.4, 0.5) is 0 Å². The lowest BCUT2D eigenvalue weighted by molar-refractivity contribution is 0.0977. The van der Waals surface area contributed by atoms with Crippen LogP contribution in [0.25, 0.3) is 10.9 Å². The Morgan fingerprint density at radius 1 is 0.926 bits per heavy atom. The lowest BCUT2D eigenvalue weighted by atomic mass is 9.90. The van der Waals surface area contributed by atoms with Crippen LogP contribution in [-0.2, 0) is 6.42 Å². The maximum absolute atomic E-state index is 6.17. The van der Waals surface area contributed by atoms with Crippen molar-refractivity contribution >= 4 is 22.5 Å². The molecule has 2 fully saturated rings. The number of hydrogen-bond acceptors (Lipinski definition) is 2. The van der Waals surface area contributed by atoms with Crippen LogP contribution in [0.5, 0.6) is 0 Å². The van der Waals surface area contributed by atoms with Crippen molar-refractivity contribution in [2.24, 2.45) is 0 Å². The number of aromatic nitrogens is 1. The topological polar surface area (TPSA) is 22.3 Å². The molecule has 3 nitrogen and oxygen atoms in total. The van der Waals surface area contributed by atoms with E-state index < -0.39 is 0 Å². The molecule has 0 aliphatic carbocycles. The van der Waals surface area contributed by atoms with E-state index in [0.29, 0.717) is 18.2 Å². The number of nitrogens with one attached hydrogen (secondary N) is 1. The molecule has 0 bridgehead atoms. The third kappa shape index (κ3) is 2.35. The highest BCUT2D eigenvalue weighted by Crippen LogP contribution is 2.51. The van der Waals surface area contributed by atoms with Crippen LogP contribution in [-0.4, -0.2) is 33.9 Å². The fourth-order valence-corrected chi connectivity index (χ4v) is 5.93.